The molecule has 0 aliphatic carbocycles. The number of aliphatic hydroxyl groups excluding tert-OH is 1. The molecule has 0 radical (unpaired) electrons. The molecule has 1 N–H and O–H groups in total. The molecule has 0 bridgehead atoms. The average Bonchev–Trinajstić information content (AvgIpc) is 2.20. The van der Waals surface area contributed by atoms with E-state index in [1.54, 1.807) is 0 Å². The van der Waals surface area contributed by atoms with Crippen molar-refractivity contribution in [3.8, 4) is 0 Å². The Labute approximate surface area is 99.7 Å². The van der Waals surface area contributed by atoms with Crippen LogP contribution in [-0.4, -0.2) is 43.8 Å². The van der Waals surface area contributed by atoms with Gasteiger partial charge >= 0.3 is 0 Å². The molecule has 0 aliphatic rings. The second-order valence-corrected chi connectivity index (χ2v) is 6.14. The lowest BCUT2D eigenvalue weighted by Crippen LogP contribution is -2.32. The molecule has 0 aliphatic heterocycles. The second kappa shape index (κ2) is 8.96. The predicted octanol–water partition coefficient (Wildman–Crippen LogP) is 1.60. The van der Waals surface area contributed by atoms with Crippen LogP contribution in [0.2, 0.25) is 0 Å². The van der Waals surface area contributed by atoms with Gasteiger partial charge in [-0.25, -0.2) is 12.7 Å². The van der Waals surface area contributed by atoms with Crippen molar-refractivity contribution in [1.29, 1.82) is 0 Å². The first-order valence-electron chi connectivity index (χ1n) is 6.08. The monoisotopic (exact) mass is 251 g/mol. The Morgan fingerprint density at radius 3 is 2.06 bits per heavy atom. The van der Waals surface area contributed by atoms with E-state index in [1.807, 2.05) is 0 Å². The molecule has 0 aromatic carbocycles. The van der Waals surface area contributed by atoms with Crippen LogP contribution in [-0.2, 0) is 10.0 Å². The van der Waals surface area contributed by atoms with Gasteiger partial charge in [-0.3, -0.25) is 0 Å². The predicted molar refractivity (Wildman–Crippen MR) is 66.9 cm³/mol. The van der Waals surface area contributed by atoms with Crippen LogP contribution in [0.5, 0.6) is 0 Å². The molecular formula is C11H25NO3S. The lowest BCUT2D eigenvalue weighted by Gasteiger charge is -2.19. The summed E-state index contributed by atoms with van der Waals surface area (Å²) in [6.07, 6.45) is 7.33. The molecular weight excluding hydrogens is 226 g/mol. The van der Waals surface area contributed by atoms with Gasteiger partial charge in [-0.05, 0) is 12.8 Å². The summed E-state index contributed by atoms with van der Waals surface area (Å²) in [7, 11) is -3.11. The Bertz CT molecular complexity index is 252. The minimum absolute atomic E-state index is 0.0435. The molecule has 0 unspecified atom stereocenters. The number of rotatable bonds is 10. The van der Waals surface area contributed by atoms with Gasteiger partial charge < -0.3 is 5.11 Å². The van der Waals surface area contributed by atoms with E-state index in [4.69, 9.17) is 5.11 Å². The largest absolute Gasteiger partial charge is 0.396 e. The minimum atomic E-state index is -3.11. The third-order valence-electron chi connectivity index (χ3n) is 2.55. The van der Waals surface area contributed by atoms with E-state index >= 15 is 0 Å². The number of hydrogen-bond acceptors (Lipinski definition) is 3. The van der Waals surface area contributed by atoms with Gasteiger partial charge in [-0.1, -0.05) is 32.6 Å². The molecule has 0 saturated carbocycles. The molecule has 98 valence electrons. The number of aliphatic hydroxyl groups is 1. The van der Waals surface area contributed by atoms with Crippen LogP contribution in [0.15, 0.2) is 0 Å². The highest BCUT2D eigenvalue weighted by Gasteiger charge is 2.14. The van der Waals surface area contributed by atoms with Crippen LogP contribution < -0.4 is 0 Å². The van der Waals surface area contributed by atoms with E-state index in [0.717, 1.165) is 12.8 Å². The molecule has 0 rings (SSSR count). The summed E-state index contributed by atoms with van der Waals surface area (Å²) in [6, 6.07) is 0. The fourth-order valence-corrected chi connectivity index (χ4v) is 2.50. The van der Waals surface area contributed by atoms with Gasteiger partial charge in [0.25, 0.3) is 0 Å². The average molecular weight is 251 g/mol. The molecule has 5 heteroatoms. The standard InChI is InChI=1S/C11H25NO3S/c1-3-4-5-6-7-9-12(10-8-11-13)16(2,14)15/h13H,3-11H2,1-2H3. The van der Waals surface area contributed by atoms with E-state index in [-0.39, 0.29) is 6.61 Å². The first-order chi connectivity index (χ1) is 7.52. The zero-order chi connectivity index (χ0) is 12.4. The summed E-state index contributed by atoms with van der Waals surface area (Å²) in [5.74, 6) is 0. The quantitative estimate of drug-likeness (QED) is 0.600. The van der Waals surface area contributed by atoms with Crippen molar-refractivity contribution in [3.63, 3.8) is 0 Å². The van der Waals surface area contributed by atoms with Gasteiger partial charge in [0.15, 0.2) is 0 Å². The Hall–Kier alpha value is -0.130. The van der Waals surface area contributed by atoms with Gasteiger partial charge in [0.05, 0.1) is 6.26 Å². The molecule has 0 atom stereocenters. The third kappa shape index (κ3) is 8.07. The van der Waals surface area contributed by atoms with Gasteiger partial charge in [-0.2, -0.15) is 0 Å². The zero-order valence-electron chi connectivity index (χ0n) is 10.5. The van der Waals surface area contributed by atoms with Gasteiger partial charge in [0, 0.05) is 19.7 Å². The number of sulfonamides is 1. The van der Waals surface area contributed by atoms with E-state index in [0.29, 0.717) is 19.5 Å². The Balaban J connectivity index is 3.84. The van der Waals surface area contributed by atoms with Crippen LogP contribution in [0.3, 0.4) is 0 Å². The molecule has 0 spiro atoms. The first kappa shape index (κ1) is 15.9. The lowest BCUT2D eigenvalue weighted by atomic mass is 10.1. The van der Waals surface area contributed by atoms with Crippen LogP contribution >= 0.6 is 0 Å². The summed E-state index contributed by atoms with van der Waals surface area (Å²) in [5, 5.41) is 8.70. The molecule has 4 nitrogen and oxygen atoms in total. The summed E-state index contributed by atoms with van der Waals surface area (Å²) < 4.78 is 24.3. The molecule has 0 aromatic heterocycles. The fourth-order valence-electron chi connectivity index (χ4n) is 1.58. The highest BCUT2D eigenvalue weighted by molar-refractivity contribution is 7.88. The Morgan fingerprint density at radius 2 is 1.56 bits per heavy atom. The first-order valence-corrected chi connectivity index (χ1v) is 7.93. The van der Waals surface area contributed by atoms with Crippen LogP contribution in [0.4, 0.5) is 0 Å². The smallest absolute Gasteiger partial charge is 0.211 e. The highest BCUT2D eigenvalue weighted by Crippen LogP contribution is 2.06. The van der Waals surface area contributed by atoms with Crippen molar-refractivity contribution >= 4 is 10.0 Å². The highest BCUT2D eigenvalue weighted by atomic mass is 32.2. The van der Waals surface area contributed by atoms with Crippen molar-refractivity contribution in [3.05, 3.63) is 0 Å². The number of nitrogens with zero attached hydrogens (tertiary/aromatic N) is 1. The maximum absolute atomic E-state index is 11.4. The fraction of sp³-hybridized carbons (Fsp3) is 1.00. The lowest BCUT2D eigenvalue weighted by molar-refractivity contribution is 0.268. The van der Waals surface area contributed by atoms with E-state index in [9.17, 15) is 8.42 Å². The minimum Gasteiger partial charge on any atom is -0.396 e. The summed E-state index contributed by atoms with van der Waals surface area (Å²) in [5.41, 5.74) is 0. The van der Waals surface area contributed by atoms with Gasteiger partial charge in [0.2, 0.25) is 10.0 Å². The number of unbranched alkanes of at least 4 members (excludes halogenated alkanes) is 4. The Morgan fingerprint density at radius 1 is 1.00 bits per heavy atom. The summed E-state index contributed by atoms with van der Waals surface area (Å²) in [6.45, 7) is 3.22. The van der Waals surface area contributed by atoms with E-state index in [2.05, 4.69) is 6.92 Å². The normalized spacial score (nSPS) is 12.2. The summed E-state index contributed by atoms with van der Waals surface area (Å²) >= 11 is 0. The van der Waals surface area contributed by atoms with Crippen molar-refractivity contribution in [2.45, 2.75) is 45.4 Å². The van der Waals surface area contributed by atoms with Crippen molar-refractivity contribution in [2.24, 2.45) is 0 Å². The van der Waals surface area contributed by atoms with Crippen LogP contribution in [0, 0.1) is 0 Å². The van der Waals surface area contributed by atoms with E-state index in [1.165, 1.54) is 29.8 Å². The van der Waals surface area contributed by atoms with Crippen LogP contribution in [0.25, 0.3) is 0 Å². The molecule has 0 fully saturated rings. The van der Waals surface area contributed by atoms with Crippen molar-refractivity contribution in [1.82, 2.24) is 4.31 Å². The molecule has 0 aromatic rings. The summed E-state index contributed by atoms with van der Waals surface area (Å²) in [4.78, 5) is 0. The SMILES string of the molecule is CCCCCCCN(CCCO)S(C)(=O)=O. The maximum atomic E-state index is 11.4. The Kier molecular flexibility index (Phi) is 8.89. The molecule has 0 heterocycles. The molecule has 16 heavy (non-hydrogen) atoms. The number of hydrogen-bond donors (Lipinski definition) is 1. The molecule has 0 saturated heterocycles. The maximum Gasteiger partial charge on any atom is 0.211 e. The van der Waals surface area contributed by atoms with Crippen LogP contribution in [0.1, 0.15) is 45.4 Å². The van der Waals surface area contributed by atoms with Crippen molar-refractivity contribution < 1.29 is 13.5 Å². The zero-order valence-corrected chi connectivity index (χ0v) is 11.3. The molecule has 0 amide bonds. The van der Waals surface area contributed by atoms with E-state index < -0.39 is 10.0 Å². The van der Waals surface area contributed by atoms with Gasteiger partial charge in [-0.15, -0.1) is 0 Å². The second-order valence-electron chi connectivity index (χ2n) is 4.15. The van der Waals surface area contributed by atoms with Gasteiger partial charge in [0.1, 0.15) is 0 Å². The third-order valence-corrected chi connectivity index (χ3v) is 3.85. The van der Waals surface area contributed by atoms with Crippen molar-refractivity contribution in [2.75, 3.05) is 26.0 Å². The topological polar surface area (TPSA) is 57.6 Å².